The van der Waals surface area contributed by atoms with Gasteiger partial charge >= 0.3 is 0 Å². The standard InChI is InChI=1S/C15H14ClNO2S/c16-12-4-6-13(7-5-12)18-8-9-19-14-3-1-2-11(10-14)15(17)20/h1-7,10H,8-9H2,(H2,17,20). The van der Waals surface area contributed by atoms with Crippen molar-refractivity contribution in [2.45, 2.75) is 0 Å². The van der Waals surface area contributed by atoms with Crippen LogP contribution in [0, 0.1) is 0 Å². The van der Waals surface area contributed by atoms with Crippen molar-refractivity contribution in [2.75, 3.05) is 13.2 Å². The van der Waals surface area contributed by atoms with Crippen molar-refractivity contribution in [3.05, 3.63) is 59.1 Å². The number of hydrogen-bond acceptors (Lipinski definition) is 3. The normalized spacial score (nSPS) is 10.1. The van der Waals surface area contributed by atoms with Crippen molar-refractivity contribution < 1.29 is 9.47 Å². The zero-order valence-electron chi connectivity index (χ0n) is 10.7. The second-order valence-electron chi connectivity index (χ2n) is 4.04. The lowest BCUT2D eigenvalue weighted by Gasteiger charge is -2.09. The molecule has 0 aromatic heterocycles. The van der Waals surface area contributed by atoms with Gasteiger partial charge in [-0.05, 0) is 36.4 Å². The van der Waals surface area contributed by atoms with Gasteiger partial charge in [-0.2, -0.15) is 0 Å². The molecule has 0 aliphatic rings. The summed E-state index contributed by atoms with van der Waals surface area (Å²) in [6, 6.07) is 14.6. The highest BCUT2D eigenvalue weighted by molar-refractivity contribution is 7.80. The van der Waals surface area contributed by atoms with Gasteiger partial charge in [0.2, 0.25) is 0 Å². The Hall–Kier alpha value is -1.78. The molecule has 2 aromatic rings. The van der Waals surface area contributed by atoms with Crippen LogP contribution in [0.3, 0.4) is 0 Å². The van der Waals surface area contributed by atoms with Crippen molar-refractivity contribution in [2.24, 2.45) is 5.73 Å². The summed E-state index contributed by atoms with van der Waals surface area (Å²) in [5, 5.41) is 0.683. The van der Waals surface area contributed by atoms with Gasteiger partial charge in [0.05, 0.1) is 0 Å². The first-order valence-electron chi connectivity index (χ1n) is 6.06. The minimum Gasteiger partial charge on any atom is -0.490 e. The zero-order chi connectivity index (χ0) is 14.4. The zero-order valence-corrected chi connectivity index (χ0v) is 12.3. The highest BCUT2D eigenvalue weighted by Gasteiger charge is 2.00. The Morgan fingerprint density at radius 2 is 1.65 bits per heavy atom. The Labute approximate surface area is 128 Å². The molecule has 20 heavy (non-hydrogen) atoms. The molecule has 0 aliphatic carbocycles. The largest absolute Gasteiger partial charge is 0.490 e. The molecular weight excluding hydrogens is 294 g/mol. The van der Waals surface area contributed by atoms with Crippen LogP contribution in [0.25, 0.3) is 0 Å². The second kappa shape index (κ2) is 7.12. The summed E-state index contributed by atoms with van der Waals surface area (Å²) < 4.78 is 11.1. The fourth-order valence-electron chi connectivity index (χ4n) is 1.59. The van der Waals surface area contributed by atoms with Gasteiger partial charge in [-0.1, -0.05) is 36.0 Å². The lowest BCUT2D eigenvalue weighted by Crippen LogP contribution is -2.11. The molecule has 0 radical (unpaired) electrons. The average molecular weight is 308 g/mol. The summed E-state index contributed by atoms with van der Waals surface area (Å²) in [5.41, 5.74) is 6.35. The quantitative estimate of drug-likeness (QED) is 0.656. The second-order valence-corrected chi connectivity index (χ2v) is 4.92. The van der Waals surface area contributed by atoms with Crippen molar-refractivity contribution in [1.29, 1.82) is 0 Å². The van der Waals surface area contributed by atoms with Gasteiger partial charge in [-0.25, -0.2) is 0 Å². The van der Waals surface area contributed by atoms with Crippen LogP contribution in [-0.4, -0.2) is 18.2 Å². The highest BCUT2D eigenvalue weighted by Crippen LogP contribution is 2.16. The molecule has 0 heterocycles. The van der Waals surface area contributed by atoms with Crippen LogP contribution in [-0.2, 0) is 0 Å². The Kier molecular flexibility index (Phi) is 5.21. The lowest BCUT2D eigenvalue weighted by molar-refractivity contribution is 0.217. The average Bonchev–Trinajstić information content (AvgIpc) is 2.46. The smallest absolute Gasteiger partial charge is 0.122 e. The van der Waals surface area contributed by atoms with Crippen LogP contribution in [0.15, 0.2) is 48.5 Å². The van der Waals surface area contributed by atoms with E-state index in [1.165, 1.54) is 0 Å². The van der Waals surface area contributed by atoms with Crippen molar-refractivity contribution in [1.82, 2.24) is 0 Å². The van der Waals surface area contributed by atoms with E-state index in [1.807, 2.05) is 36.4 Å². The Balaban J connectivity index is 1.79. The topological polar surface area (TPSA) is 44.5 Å². The van der Waals surface area contributed by atoms with E-state index < -0.39 is 0 Å². The summed E-state index contributed by atoms with van der Waals surface area (Å²) >= 11 is 10.7. The third-order valence-electron chi connectivity index (χ3n) is 2.55. The van der Waals surface area contributed by atoms with E-state index in [-0.39, 0.29) is 0 Å². The van der Waals surface area contributed by atoms with Gasteiger partial charge < -0.3 is 15.2 Å². The highest BCUT2D eigenvalue weighted by atomic mass is 35.5. The third-order valence-corrected chi connectivity index (χ3v) is 3.04. The molecule has 0 fully saturated rings. The van der Waals surface area contributed by atoms with E-state index in [9.17, 15) is 0 Å². The van der Waals surface area contributed by atoms with Gasteiger partial charge in [0.25, 0.3) is 0 Å². The van der Waals surface area contributed by atoms with Crippen LogP contribution >= 0.6 is 23.8 Å². The maximum atomic E-state index is 5.79. The molecule has 2 N–H and O–H groups in total. The van der Waals surface area contributed by atoms with E-state index in [1.54, 1.807) is 12.1 Å². The van der Waals surface area contributed by atoms with Gasteiger partial charge in [0.15, 0.2) is 0 Å². The van der Waals surface area contributed by atoms with E-state index in [0.717, 1.165) is 17.1 Å². The summed E-state index contributed by atoms with van der Waals surface area (Å²) in [7, 11) is 0. The van der Waals surface area contributed by atoms with Crippen molar-refractivity contribution in [3.63, 3.8) is 0 Å². The Morgan fingerprint density at radius 1 is 1.00 bits per heavy atom. The summed E-state index contributed by atoms with van der Waals surface area (Å²) in [6.07, 6.45) is 0. The van der Waals surface area contributed by atoms with Crippen LogP contribution in [0.5, 0.6) is 11.5 Å². The van der Waals surface area contributed by atoms with Crippen molar-refractivity contribution in [3.8, 4) is 11.5 Å². The van der Waals surface area contributed by atoms with Gasteiger partial charge in [0, 0.05) is 10.6 Å². The minimum absolute atomic E-state index is 0.355. The maximum absolute atomic E-state index is 5.79. The first-order chi connectivity index (χ1) is 9.65. The fraction of sp³-hybridized carbons (Fsp3) is 0.133. The molecule has 5 heteroatoms. The number of rotatable bonds is 6. The van der Waals surface area contributed by atoms with Crippen LogP contribution < -0.4 is 15.2 Å². The molecule has 0 bridgehead atoms. The summed E-state index contributed by atoms with van der Waals surface area (Å²) in [5.74, 6) is 1.48. The van der Waals surface area contributed by atoms with E-state index in [2.05, 4.69) is 0 Å². The van der Waals surface area contributed by atoms with Crippen LogP contribution in [0.4, 0.5) is 0 Å². The van der Waals surface area contributed by atoms with Crippen LogP contribution in [0.2, 0.25) is 5.02 Å². The summed E-state index contributed by atoms with van der Waals surface area (Å²) in [4.78, 5) is 0.355. The monoisotopic (exact) mass is 307 g/mol. The Morgan fingerprint density at radius 3 is 2.30 bits per heavy atom. The molecule has 0 aliphatic heterocycles. The SMILES string of the molecule is NC(=S)c1cccc(OCCOc2ccc(Cl)cc2)c1. The number of halogens is 1. The predicted octanol–water partition coefficient (Wildman–Crippen LogP) is 3.43. The number of ether oxygens (including phenoxy) is 2. The predicted molar refractivity (Wildman–Crippen MR) is 84.8 cm³/mol. The van der Waals surface area contributed by atoms with E-state index >= 15 is 0 Å². The van der Waals surface area contributed by atoms with Gasteiger partial charge in [-0.15, -0.1) is 0 Å². The number of nitrogens with two attached hydrogens (primary N) is 1. The van der Waals surface area contributed by atoms with Crippen LogP contribution in [0.1, 0.15) is 5.56 Å². The fourth-order valence-corrected chi connectivity index (χ4v) is 1.84. The lowest BCUT2D eigenvalue weighted by atomic mass is 10.2. The first kappa shape index (κ1) is 14.6. The first-order valence-corrected chi connectivity index (χ1v) is 6.85. The minimum atomic E-state index is 0.355. The molecular formula is C15H14ClNO2S. The van der Waals surface area contributed by atoms with Gasteiger partial charge in [-0.3, -0.25) is 0 Å². The maximum Gasteiger partial charge on any atom is 0.122 e. The number of thiocarbonyl (C=S) groups is 1. The van der Waals surface area contributed by atoms with E-state index in [0.29, 0.717) is 23.2 Å². The summed E-state index contributed by atoms with van der Waals surface area (Å²) in [6.45, 7) is 0.877. The Bertz CT molecular complexity index is 587. The third kappa shape index (κ3) is 4.40. The van der Waals surface area contributed by atoms with E-state index in [4.69, 9.17) is 39.0 Å². The molecule has 0 saturated carbocycles. The molecule has 0 amide bonds. The molecule has 0 saturated heterocycles. The molecule has 0 spiro atoms. The van der Waals surface area contributed by atoms with Crippen molar-refractivity contribution >= 4 is 28.8 Å². The molecule has 0 atom stereocenters. The molecule has 0 unspecified atom stereocenters. The molecule has 3 nitrogen and oxygen atoms in total. The molecule has 104 valence electrons. The number of benzene rings is 2. The van der Waals surface area contributed by atoms with Gasteiger partial charge in [0.1, 0.15) is 29.7 Å². The molecule has 2 aromatic carbocycles. The number of hydrogen-bond donors (Lipinski definition) is 1. The molecule has 2 rings (SSSR count).